The highest BCUT2D eigenvalue weighted by molar-refractivity contribution is 8.00. The van der Waals surface area contributed by atoms with Crippen LogP contribution in [-0.2, 0) is 9.53 Å². The van der Waals surface area contributed by atoms with E-state index in [1.54, 1.807) is 18.2 Å². The largest absolute Gasteiger partial charge is 0.469 e. The van der Waals surface area contributed by atoms with Crippen LogP contribution in [0.5, 0.6) is 0 Å². The summed E-state index contributed by atoms with van der Waals surface area (Å²) < 4.78 is 4.60. The van der Waals surface area contributed by atoms with E-state index in [2.05, 4.69) is 4.74 Å². The molecular formula is C11H14ClNO2S. The Balaban J connectivity index is 2.69. The lowest BCUT2D eigenvalue weighted by Gasteiger charge is -2.12. The van der Waals surface area contributed by atoms with Crippen molar-refractivity contribution in [2.24, 2.45) is 0 Å². The molecule has 0 aliphatic carbocycles. The molecule has 0 aromatic heterocycles. The van der Waals surface area contributed by atoms with Gasteiger partial charge in [0.2, 0.25) is 0 Å². The zero-order chi connectivity index (χ0) is 12.1. The average Bonchev–Trinajstić information content (AvgIpc) is 2.23. The van der Waals surface area contributed by atoms with Crippen molar-refractivity contribution in [3.63, 3.8) is 0 Å². The van der Waals surface area contributed by atoms with Gasteiger partial charge in [0.1, 0.15) is 0 Å². The fraction of sp³-hybridized carbons (Fsp3) is 0.364. The molecule has 0 bridgehead atoms. The zero-order valence-electron chi connectivity index (χ0n) is 9.20. The van der Waals surface area contributed by atoms with E-state index in [0.29, 0.717) is 17.1 Å². The summed E-state index contributed by atoms with van der Waals surface area (Å²) in [6.45, 7) is 1.93. The number of anilines is 1. The van der Waals surface area contributed by atoms with Crippen molar-refractivity contribution < 1.29 is 9.53 Å². The molecule has 0 amide bonds. The number of halogens is 1. The third-order valence-electron chi connectivity index (χ3n) is 2.00. The van der Waals surface area contributed by atoms with Crippen LogP contribution in [0.15, 0.2) is 23.1 Å². The number of methoxy groups -OCH3 is 1. The van der Waals surface area contributed by atoms with E-state index in [-0.39, 0.29) is 11.2 Å². The van der Waals surface area contributed by atoms with E-state index >= 15 is 0 Å². The Morgan fingerprint density at radius 1 is 1.62 bits per heavy atom. The van der Waals surface area contributed by atoms with Gasteiger partial charge in [0.15, 0.2) is 0 Å². The first-order valence-electron chi connectivity index (χ1n) is 4.82. The Morgan fingerprint density at radius 3 is 2.88 bits per heavy atom. The molecule has 3 nitrogen and oxygen atoms in total. The zero-order valence-corrected chi connectivity index (χ0v) is 10.8. The first-order valence-corrected chi connectivity index (χ1v) is 6.07. The van der Waals surface area contributed by atoms with Gasteiger partial charge in [-0.15, -0.1) is 11.8 Å². The first-order chi connectivity index (χ1) is 7.54. The van der Waals surface area contributed by atoms with E-state index in [4.69, 9.17) is 17.3 Å². The number of nitrogen functional groups attached to an aromatic ring is 1. The predicted octanol–water partition coefficient (Wildman–Crippen LogP) is 2.97. The van der Waals surface area contributed by atoms with Gasteiger partial charge in [0.05, 0.1) is 18.6 Å². The molecule has 5 heteroatoms. The van der Waals surface area contributed by atoms with Crippen LogP contribution >= 0.6 is 23.4 Å². The van der Waals surface area contributed by atoms with Crippen molar-refractivity contribution in [2.75, 3.05) is 12.8 Å². The number of esters is 1. The quantitative estimate of drug-likeness (QED) is 0.513. The lowest BCUT2D eigenvalue weighted by atomic mass is 10.3. The molecule has 0 aliphatic heterocycles. The number of ether oxygens (including phenoxy) is 1. The molecule has 0 saturated heterocycles. The molecule has 1 unspecified atom stereocenters. The maximum Gasteiger partial charge on any atom is 0.306 e. The van der Waals surface area contributed by atoms with Crippen LogP contribution in [0, 0.1) is 0 Å². The molecule has 0 fully saturated rings. The summed E-state index contributed by atoms with van der Waals surface area (Å²) in [7, 11) is 1.38. The van der Waals surface area contributed by atoms with E-state index in [1.807, 2.05) is 6.92 Å². The van der Waals surface area contributed by atoms with Crippen LogP contribution in [-0.4, -0.2) is 18.3 Å². The molecule has 1 aromatic rings. The summed E-state index contributed by atoms with van der Waals surface area (Å²) in [6.07, 6.45) is 0.339. The van der Waals surface area contributed by atoms with E-state index in [1.165, 1.54) is 18.9 Å². The van der Waals surface area contributed by atoms with Gasteiger partial charge in [0.25, 0.3) is 0 Å². The van der Waals surface area contributed by atoms with Crippen LogP contribution in [0.25, 0.3) is 0 Å². The van der Waals surface area contributed by atoms with E-state index in [9.17, 15) is 4.79 Å². The van der Waals surface area contributed by atoms with Crippen LogP contribution in [0.1, 0.15) is 13.3 Å². The number of hydrogen-bond donors (Lipinski definition) is 1. The lowest BCUT2D eigenvalue weighted by molar-refractivity contribution is -0.140. The smallest absolute Gasteiger partial charge is 0.306 e. The maximum absolute atomic E-state index is 11.1. The number of carbonyl (C=O) groups excluding carboxylic acids is 1. The lowest BCUT2D eigenvalue weighted by Crippen LogP contribution is -2.08. The van der Waals surface area contributed by atoms with Gasteiger partial charge < -0.3 is 10.5 Å². The molecule has 0 spiro atoms. The fourth-order valence-corrected chi connectivity index (χ4v) is 2.53. The first kappa shape index (κ1) is 13.2. The minimum Gasteiger partial charge on any atom is -0.469 e. The second-order valence-electron chi connectivity index (χ2n) is 3.37. The minimum absolute atomic E-state index is 0.0784. The molecule has 88 valence electrons. The van der Waals surface area contributed by atoms with Crippen molar-refractivity contribution in [3.8, 4) is 0 Å². The van der Waals surface area contributed by atoms with Crippen molar-refractivity contribution in [1.29, 1.82) is 0 Å². The summed E-state index contributed by atoms with van der Waals surface area (Å²) in [5.41, 5.74) is 6.45. The number of nitrogens with two attached hydrogens (primary N) is 1. The number of rotatable bonds is 4. The second kappa shape index (κ2) is 6.01. The van der Waals surface area contributed by atoms with Crippen molar-refractivity contribution in [2.45, 2.75) is 23.5 Å². The monoisotopic (exact) mass is 259 g/mol. The minimum atomic E-state index is -0.231. The fourth-order valence-electron chi connectivity index (χ4n) is 1.21. The SMILES string of the molecule is COC(=O)CC(C)Sc1c(N)cccc1Cl. The highest BCUT2D eigenvalue weighted by atomic mass is 35.5. The molecule has 1 aromatic carbocycles. The second-order valence-corrected chi connectivity index (χ2v) is 5.22. The van der Waals surface area contributed by atoms with Gasteiger partial charge in [-0.05, 0) is 12.1 Å². The van der Waals surface area contributed by atoms with Crippen molar-refractivity contribution >= 4 is 35.0 Å². The Bertz CT molecular complexity index is 364. The van der Waals surface area contributed by atoms with Gasteiger partial charge in [0, 0.05) is 15.8 Å². The third-order valence-corrected chi connectivity index (χ3v) is 3.69. The summed E-state index contributed by atoms with van der Waals surface area (Å²) in [5.74, 6) is -0.231. The molecular weight excluding hydrogens is 246 g/mol. The van der Waals surface area contributed by atoms with Crippen LogP contribution in [0.4, 0.5) is 5.69 Å². The Labute approximate surface area is 104 Å². The number of thioether (sulfide) groups is 1. The molecule has 2 N–H and O–H groups in total. The van der Waals surface area contributed by atoms with Crippen LogP contribution in [0.2, 0.25) is 5.02 Å². The number of benzene rings is 1. The third kappa shape index (κ3) is 3.61. The summed E-state index contributed by atoms with van der Waals surface area (Å²) in [4.78, 5) is 11.9. The van der Waals surface area contributed by atoms with E-state index in [0.717, 1.165) is 4.90 Å². The van der Waals surface area contributed by atoms with Crippen LogP contribution < -0.4 is 5.73 Å². The number of carbonyl (C=O) groups is 1. The molecule has 1 rings (SSSR count). The standard InChI is InChI=1S/C11H14ClNO2S/c1-7(6-10(14)15-2)16-11-8(12)4-3-5-9(11)13/h3-5,7H,6,13H2,1-2H3. The molecule has 0 saturated carbocycles. The predicted molar refractivity (Wildman–Crippen MR) is 67.8 cm³/mol. The molecule has 0 radical (unpaired) electrons. The normalized spacial score (nSPS) is 12.2. The average molecular weight is 260 g/mol. The highest BCUT2D eigenvalue weighted by Crippen LogP contribution is 2.35. The topological polar surface area (TPSA) is 52.3 Å². The van der Waals surface area contributed by atoms with Gasteiger partial charge in [-0.2, -0.15) is 0 Å². The summed E-state index contributed by atoms with van der Waals surface area (Å²) >= 11 is 7.51. The molecule has 16 heavy (non-hydrogen) atoms. The Kier molecular flexibility index (Phi) is 4.96. The Morgan fingerprint density at radius 2 is 2.31 bits per heavy atom. The molecule has 0 heterocycles. The molecule has 1 atom stereocenters. The van der Waals surface area contributed by atoms with Gasteiger partial charge in [-0.3, -0.25) is 4.79 Å². The highest BCUT2D eigenvalue weighted by Gasteiger charge is 2.14. The maximum atomic E-state index is 11.1. The van der Waals surface area contributed by atoms with Gasteiger partial charge >= 0.3 is 5.97 Å². The van der Waals surface area contributed by atoms with Gasteiger partial charge in [-0.25, -0.2) is 0 Å². The molecule has 0 aliphatic rings. The Hall–Kier alpha value is -0.870. The summed E-state index contributed by atoms with van der Waals surface area (Å²) in [6, 6.07) is 5.37. The van der Waals surface area contributed by atoms with Crippen molar-refractivity contribution in [1.82, 2.24) is 0 Å². The van der Waals surface area contributed by atoms with Gasteiger partial charge in [-0.1, -0.05) is 24.6 Å². The van der Waals surface area contributed by atoms with E-state index < -0.39 is 0 Å². The van der Waals surface area contributed by atoms with Crippen molar-refractivity contribution in [3.05, 3.63) is 23.2 Å². The summed E-state index contributed by atoms with van der Waals surface area (Å²) in [5, 5.41) is 0.691. The number of hydrogen-bond acceptors (Lipinski definition) is 4. The van der Waals surface area contributed by atoms with Crippen LogP contribution in [0.3, 0.4) is 0 Å².